The molecule has 0 aliphatic carbocycles. The van der Waals surface area contributed by atoms with Crippen LogP contribution in [-0.4, -0.2) is 23.1 Å². The van der Waals surface area contributed by atoms with Gasteiger partial charge in [0.15, 0.2) is 0 Å². The van der Waals surface area contributed by atoms with Crippen LogP contribution in [0.3, 0.4) is 0 Å². The Morgan fingerprint density at radius 1 is 0.939 bits per heavy atom. The molecular weight excluding hydrogens is 436 g/mol. The number of benzene rings is 3. The first-order chi connectivity index (χ1) is 16.0. The molecule has 33 heavy (non-hydrogen) atoms. The summed E-state index contributed by atoms with van der Waals surface area (Å²) in [6.07, 6.45) is 0. The SMILES string of the molecule is CCOC(=O)c1cc(-c2ccccc2)n(-c2ccc(C(=O)Nc3ccc(Cl)cc3)cc2)c1C. The highest BCUT2D eigenvalue weighted by Crippen LogP contribution is 2.30. The van der Waals surface area contributed by atoms with Gasteiger partial charge >= 0.3 is 5.97 Å². The van der Waals surface area contributed by atoms with E-state index in [1.54, 1.807) is 43.3 Å². The monoisotopic (exact) mass is 458 g/mol. The maximum Gasteiger partial charge on any atom is 0.339 e. The van der Waals surface area contributed by atoms with Gasteiger partial charge in [-0.3, -0.25) is 4.79 Å². The minimum absolute atomic E-state index is 0.219. The Morgan fingerprint density at radius 2 is 1.61 bits per heavy atom. The predicted molar refractivity (Wildman–Crippen MR) is 131 cm³/mol. The number of anilines is 1. The largest absolute Gasteiger partial charge is 0.462 e. The highest BCUT2D eigenvalue weighted by Gasteiger charge is 2.20. The van der Waals surface area contributed by atoms with Crippen LogP contribution in [0.5, 0.6) is 0 Å². The van der Waals surface area contributed by atoms with E-state index < -0.39 is 0 Å². The van der Waals surface area contributed by atoms with Crippen molar-refractivity contribution >= 4 is 29.2 Å². The first-order valence-electron chi connectivity index (χ1n) is 10.6. The Hall–Kier alpha value is -3.83. The third-order valence-electron chi connectivity index (χ3n) is 5.30. The molecule has 0 radical (unpaired) electrons. The number of carbonyl (C=O) groups is 2. The minimum Gasteiger partial charge on any atom is -0.462 e. The van der Waals surface area contributed by atoms with E-state index in [9.17, 15) is 9.59 Å². The molecule has 6 heteroatoms. The van der Waals surface area contributed by atoms with Gasteiger partial charge in [-0.15, -0.1) is 0 Å². The summed E-state index contributed by atoms with van der Waals surface area (Å²) in [6.45, 7) is 3.98. The van der Waals surface area contributed by atoms with Gasteiger partial charge in [0.25, 0.3) is 5.91 Å². The van der Waals surface area contributed by atoms with Gasteiger partial charge in [-0.05, 0) is 74.0 Å². The lowest BCUT2D eigenvalue weighted by molar-refractivity contribution is 0.0525. The van der Waals surface area contributed by atoms with Crippen LogP contribution < -0.4 is 5.32 Å². The number of ether oxygens (including phenoxy) is 1. The van der Waals surface area contributed by atoms with E-state index in [1.165, 1.54) is 0 Å². The standard InChI is InChI=1S/C27H23ClN2O3/c1-3-33-27(32)24-17-25(19-7-5-4-6-8-19)30(18(24)2)23-15-9-20(10-16-23)26(31)29-22-13-11-21(28)12-14-22/h4-17H,3H2,1-2H3,(H,29,31). The molecule has 1 amide bonds. The molecule has 3 aromatic carbocycles. The van der Waals surface area contributed by atoms with Crippen LogP contribution in [0.2, 0.25) is 5.02 Å². The molecule has 0 saturated carbocycles. The molecule has 1 heterocycles. The van der Waals surface area contributed by atoms with Gasteiger partial charge in [0.05, 0.1) is 17.9 Å². The van der Waals surface area contributed by atoms with E-state index in [4.69, 9.17) is 16.3 Å². The molecule has 0 fully saturated rings. The van der Waals surface area contributed by atoms with Crippen LogP contribution in [0.4, 0.5) is 5.69 Å². The van der Waals surface area contributed by atoms with Gasteiger partial charge in [0.2, 0.25) is 0 Å². The molecule has 1 aromatic heterocycles. The van der Waals surface area contributed by atoms with E-state index >= 15 is 0 Å². The number of amides is 1. The van der Waals surface area contributed by atoms with Crippen molar-refractivity contribution in [2.75, 3.05) is 11.9 Å². The first kappa shape index (κ1) is 22.4. The Bertz CT molecular complexity index is 1280. The lowest BCUT2D eigenvalue weighted by Crippen LogP contribution is -2.12. The summed E-state index contributed by atoms with van der Waals surface area (Å²) >= 11 is 5.91. The molecule has 4 aromatic rings. The van der Waals surface area contributed by atoms with Crippen molar-refractivity contribution in [1.82, 2.24) is 4.57 Å². The zero-order valence-corrected chi connectivity index (χ0v) is 19.1. The van der Waals surface area contributed by atoms with Crippen LogP contribution in [-0.2, 0) is 4.74 Å². The number of carbonyl (C=O) groups excluding carboxylic acids is 2. The highest BCUT2D eigenvalue weighted by molar-refractivity contribution is 6.30. The third-order valence-corrected chi connectivity index (χ3v) is 5.55. The average Bonchev–Trinajstić information content (AvgIpc) is 3.18. The molecule has 0 bridgehead atoms. The van der Waals surface area contributed by atoms with Crippen LogP contribution in [0.1, 0.15) is 33.3 Å². The van der Waals surface area contributed by atoms with Crippen molar-refractivity contribution in [1.29, 1.82) is 0 Å². The van der Waals surface area contributed by atoms with Crippen molar-refractivity contribution in [3.8, 4) is 16.9 Å². The van der Waals surface area contributed by atoms with E-state index in [1.807, 2.05) is 60.0 Å². The van der Waals surface area contributed by atoms with Gasteiger partial charge in [-0.2, -0.15) is 0 Å². The Morgan fingerprint density at radius 3 is 2.24 bits per heavy atom. The van der Waals surface area contributed by atoms with Gasteiger partial charge in [-0.1, -0.05) is 41.9 Å². The number of halogens is 1. The zero-order chi connectivity index (χ0) is 23.4. The smallest absolute Gasteiger partial charge is 0.339 e. The Balaban J connectivity index is 1.68. The number of rotatable bonds is 6. The van der Waals surface area contributed by atoms with Gasteiger partial charge in [-0.25, -0.2) is 4.79 Å². The zero-order valence-electron chi connectivity index (χ0n) is 18.3. The first-order valence-corrected chi connectivity index (χ1v) is 11.0. The normalized spacial score (nSPS) is 10.6. The average molecular weight is 459 g/mol. The molecule has 166 valence electrons. The fraction of sp³-hybridized carbons (Fsp3) is 0.111. The van der Waals surface area contributed by atoms with E-state index in [0.29, 0.717) is 28.4 Å². The predicted octanol–water partition coefficient (Wildman–Crippen LogP) is 6.54. The van der Waals surface area contributed by atoms with Crippen LogP contribution >= 0.6 is 11.6 Å². The van der Waals surface area contributed by atoms with E-state index in [2.05, 4.69) is 5.32 Å². The number of nitrogens with one attached hydrogen (secondary N) is 1. The minimum atomic E-state index is -0.357. The van der Waals surface area contributed by atoms with Crippen molar-refractivity contribution < 1.29 is 14.3 Å². The van der Waals surface area contributed by atoms with Crippen molar-refractivity contribution in [3.63, 3.8) is 0 Å². The lowest BCUT2D eigenvalue weighted by Gasteiger charge is -2.13. The molecule has 1 N–H and O–H groups in total. The quantitative estimate of drug-likeness (QED) is 0.334. The van der Waals surface area contributed by atoms with Gasteiger partial charge in [0.1, 0.15) is 0 Å². The molecular formula is C27H23ClN2O3. The van der Waals surface area contributed by atoms with E-state index in [0.717, 1.165) is 22.6 Å². The summed E-state index contributed by atoms with van der Waals surface area (Å²) < 4.78 is 7.25. The second kappa shape index (κ2) is 9.76. The fourth-order valence-corrected chi connectivity index (χ4v) is 3.80. The lowest BCUT2D eigenvalue weighted by atomic mass is 10.1. The van der Waals surface area contributed by atoms with Crippen LogP contribution in [0.25, 0.3) is 16.9 Å². The highest BCUT2D eigenvalue weighted by atomic mass is 35.5. The third kappa shape index (κ3) is 4.83. The summed E-state index contributed by atoms with van der Waals surface area (Å²) in [5.41, 5.74) is 5.15. The Kier molecular flexibility index (Phi) is 6.61. The van der Waals surface area contributed by atoms with Crippen molar-refractivity contribution in [3.05, 3.63) is 107 Å². The fourth-order valence-electron chi connectivity index (χ4n) is 3.67. The molecule has 4 rings (SSSR count). The molecule has 0 saturated heterocycles. The maximum absolute atomic E-state index is 12.7. The summed E-state index contributed by atoms with van der Waals surface area (Å²) in [6, 6.07) is 25.9. The van der Waals surface area contributed by atoms with Crippen LogP contribution in [0.15, 0.2) is 84.9 Å². The summed E-state index contributed by atoms with van der Waals surface area (Å²) in [7, 11) is 0. The second-order valence-electron chi connectivity index (χ2n) is 7.46. The van der Waals surface area contributed by atoms with E-state index in [-0.39, 0.29) is 11.9 Å². The van der Waals surface area contributed by atoms with Crippen molar-refractivity contribution in [2.24, 2.45) is 0 Å². The number of esters is 1. The summed E-state index contributed by atoms with van der Waals surface area (Å²) in [5, 5.41) is 3.47. The number of hydrogen-bond acceptors (Lipinski definition) is 3. The van der Waals surface area contributed by atoms with Crippen molar-refractivity contribution in [2.45, 2.75) is 13.8 Å². The topological polar surface area (TPSA) is 60.3 Å². The van der Waals surface area contributed by atoms with Gasteiger partial charge < -0.3 is 14.6 Å². The molecule has 5 nitrogen and oxygen atoms in total. The molecule has 0 spiro atoms. The molecule has 0 aliphatic heterocycles. The van der Waals surface area contributed by atoms with Crippen LogP contribution in [0, 0.1) is 6.92 Å². The Labute approximate surface area is 197 Å². The second-order valence-corrected chi connectivity index (χ2v) is 7.89. The summed E-state index contributed by atoms with van der Waals surface area (Å²) in [4.78, 5) is 25.2. The molecule has 0 aliphatic rings. The number of nitrogens with zero attached hydrogens (tertiary/aromatic N) is 1. The number of hydrogen-bond donors (Lipinski definition) is 1. The molecule has 0 unspecified atom stereocenters. The van der Waals surface area contributed by atoms with Gasteiger partial charge in [0, 0.05) is 27.7 Å². The maximum atomic E-state index is 12.7. The summed E-state index contributed by atoms with van der Waals surface area (Å²) in [5.74, 6) is -0.575. The number of aromatic nitrogens is 1. The molecule has 0 atom stereocenters.